The number of aromatic nitrogens is 1. The highest BCUT2D eigenvalue weighted by Crippen LogP contribution is 2.35. The summed E-state index contributed by atoms with van der Waals surface area (Å²) in [5, 5.41) is 8.74. The fraction of sp³-hybridized carbons (Fsp3) is 0.500. The number of nitrogens with one attached hydrogen (secondary N) is 1. The minimum atomic E-state index is -0.871. The summed E-state index contributed by atoms with van der Waals surface area (Å²) in [7, 11) is 0. The van der Waals surface area contributed by atoms with Crippen molar-refractivity contribution < 1.29 is 14.6 Å². The van der Waals surface area contributed by atoms with Gasteiger partial charge in [0.2, 0.25) is 0 Å². The van der Waals surface area contributed by atoms with Crippen LogP contribution in [0.15, 0.2) is 18.5 Å². The maximum absolute atomic E-state index is 10.6. The van der Waals surface area contributed by atoms with E-state index in [0.29, 0.717) is 13.2 Å². The highest BCUT2D eigenvalue weighted by molar-refractivity contribution is 5.68. The van der Waals surface area contributed by atoms with Crippen LogP contribution in [0.2, 0.25) is 0 Å². The topological polar surface area (TPSA) is 88.3 Å². The molecule has 2 rings (SSSR count). The van der Waals surface area contributed by atoms with E-state index in [4.69, 9.17) is 15.6 Å². The van der Waals surface area contributed by atoms with Gasteiger partial charge in [-0.3, -0.25) is 4.79 Å². The van der Waals surface area contributed by atoms with Crippen molar-refractivity contribution in [3.05, 3.63) is 24.0 Å². The lowest BCUT2D eigenvalue weighted by atomic mass is 9.72. The van der Waals surface area contributed by atoms with Crippen molar-refractivity contribution in [1.29, 1.82) is 0 Å². The van der Waals surface area contributed by atoms with E-state index in [0.717, 1.165) is 5.56 Å². The number of ether oxygens (including phenoxy) is 1. The van der Waals surface area contributed by atoms with Crippen molar-refractivity contribution in [3.63, 3.8) is 0 Å². The first kappa shape index (κ1) is 10.2. The summed E-state index contributed by atoms with van der Waals surface area (Å²) in [6, 6.07) is 1.52. The van der Waals surface area contributed by atoms with Crippen LogP contribution in [0.1, 0.15) is 12.0 Å². The first-order chi connectivity index (χ1) is 7.15. The van der Waals surface area contributed by atoms with Gasteiger partial charge in [0, 0.05) is 18.4 Å². The molecule has 82 valence electrons. The smallest absolute Gasteiger partial charge is 0.304 e. The molecule has 0 amide bonds. The Morgan fingerprint density at radius 1 is 1.73 bits per heavy atom. The fourth-order valence-electron chi connectivity index (χ4n) is 1.93. The van der Waals surface area contributed by atoms with Crippen LogP contribution in [-0.4, -0.2) is 35.3 Å². The predicted octanol–water partition coefficient (Wildman–Crippen LogP) is 0.0847. The number of nitrogens with two attached hydrogens (primary N) is 1. The average Bonchev–Trinajstić information content (AvgIpc) is 2.53. The van der Waals surface area contributed by atoms with Crippen molar-refractivity contribution in [2.24, 2.45) is 5.73 Å². The summed E-state index contributed by atoms with van der Waals surface area (Å²) >= 11 is 0. The normalized spacial score (nSPS) is 20.6. The molecule has 1 fully saturated rings. The number of carboxylic acid groups (broad SMARTS) is 1. The van der Waals surface area contributed by atoms with Gasteiger partial charge in [0.25, 0.3) is 0 Å². The van der Waals surface area contributed by atoms with Crippen LogP contribution in [0.25, 0.3) is 0 Å². The van der Waals surface area contributed by atoms with E-state index in [9.17, 15) is 4.79 Å². The van der Waals surface area contributed by atoms with E-state index in [1.807, 2.05) is 18.5 Å². The van der Waals surface area contributed by atoms with E-state index in [1.54, 1.807) is 0 Å². The summed E-state index contributed by atoms with van der Waals surface area (Å²) in [6.07, 6.45) is 3.63. The minimum Gasteiger partial charge on any atom is -0.481 e. The number of carbonyl (C=O) groups is 1. The number of hydrogen-bond acceptors (Lipinski definition) is 3. The number of rotatable bonds is 4. The molecule has 1 aliphatic heterocycles. The first-order valence-electron chi connectivity index (χ1n) is 4.83. The van der Waals surface area contributed by atoms with Crippen LogP contribution in [0, 0.1) is 0 Å². The number of aromatic amines is 1. The third-order valence-electron chi connectivity index (χ3n) is 3.00. The van der Waals surface area contributed by atoms with Gasteiger partial charge >= 0.3 is 5.97 Å². The largest absolute Gasteiger partial charge is 0.481 e. The van der Waals surface area contributed by atoms with Crippen LogP contribution in [0.4, 0.5) is 0 Å². The number of aliphatic carboxylic acids is 1. The van der Waals surface area contributed by atoms with Crippen LogP contribution in [0.3, 0.4) is 0 Å². The molecule has 1 aromatic rings. The van der Waals surface area contributed by atoms with Gasteiger partial charge in [-0.2, -0.15) is 0 Å². The fourth-order valence-corrected chi connectivity index (χ4v) is 1.93. The molecule has 15 heavy (non-hydrogen) atoms. The van der Waals surface area contributed by atoms with Gasteiger partial charge in [-0.25, -0.2) is 0 Å². The van der Waals surface area contributed by atoms with Crippen molar-refractivity contribution in [2.45, 2.75) is 17.9 Å². The Morgan fingerprint density at radius 3 is 2.87 bits per heavy atom. The van der Waals surface area contributed by atoms with E-state index < -0.39 is 12.0 Å². The molecule has 5 heteroatoms. The van der Waals surface area contributed by atoms with Crippen molar-refractivity contribution in [1.82, 2.24) is 4.98 Å². The molecule has 1 atom stereocenters. The molecule has 2 heterocycles. The quantitative estimate of drug-likeness (QED) is 0.657. The van der Waals surface area contributed by atoms with Crippen molar-refractivity contribution in [2.75, 3.05) is 13.2 Å². The van der Waals surface area contributed by atoms with Crippen molar-refractivity contribution in [3.8, 4) is 0 Å². The molecule has 1 aliphatic rings. The van der Waals surface area contributed by atoms with Gasteiger partial charge in [0.05, 0.1) is 25.0 Å². The highest BCUT2D eigenvalue weighted by atomic mass is 16.5. The summed E-state index contributed by atoms with van der Waals surface area (Å²) in [5.74, 6) is -0.871. The molecule has 0 radical (unpaired) electrons. The Kier molecular flexibility index (Phi) is 2.50. The second-order valence-electron chi connectivity index (χ2n) is 3.95. The van der Waals surface area contributed by atoms with Gasteiger partial charge in [0.1, 0.15) is 0 Å². The van der Waals surface area contributed by atoms with Gasteiger partial charge in [-0.1, -0.05) is 0 Å². The Labute approximate surface area is 87.2 Å². The Morgan fingerprint density at radius 2 is 2.47 bits per heavy atom. The minimum absolute atomic E-state index is 0.0332. The molecule has 0 saturated carbocycles. The van der Waals surface area contributed by atoms with Crippen molar-refractivity contribution >= 4 is 5.97 Å². The molecule has 0 bridgehead atoms. The monoisotopic (exact) mass is 210 g/mol. The lowest BCUT2D eigenvalue weighted by Gasteiger charge is -2.45. The molecule has 1 saturated heterocycles. The molecular weight excluding hydrogens is 196 g/mol. The third kappa shape index (κ3) is 1.64. The number of H-pyrrole nitrogens is 1. The lowest BCUT2D eigenvalue weighted by molar-refractivity contribution is -0.140. The SMILES string of the molecule is NC(CC(=O)O)C1(c2cc[nH]c2)COC1. The number of hydrogen-bond donors (Lipinski definition) is 3. The molecule has 0 spiro atoms. The van der Waals surface area contributed by atoms with Gasteiger partial charge in [-0.05, 0) is 11.6 Å². The van der Waals surface area contributed by atoms with E-state index >= 15 is 0 Å². The van der Waals surface area contributed by atoms with Crippen LogP contribution in [-0.2, 0) is 14.9 Å². The molecular formula is C10H14N2O3. The van der Waals surface area contributed by atoms with E-state index in [2.05, 4.69) is 4.98 Å². The Balaban J connectivity index is 2.18. The zero-order valence-corrected chi connectivity index (χ0v) is 8.27. The lowest BCUT2D eigenvalue weighted by Crippen LogP contribution is -2.59. The molecule has 4 N–H and O–H groups in total. The van der Waals surface area contributed by atoms with Crippen LogP contribution in [0.5, 0.6) is 0 Å². The van der Waals surface area contributed by atoms with E-state index in [-0.39, 0.29) is 11.8 Å². The van der Waals surface area contributed by atoms with Crippen LogP contribution >= 0.6 is 0 Å². The molecule has 0 aromatic carbocycles. The van der Waals surface area contributed by atoms with E-state index in [1.165, 1.54) is 0 Å². The summed E-state index contributed by atoms with van der Waals surface area (Å²) in [5.41, 5.74) is 6.64. The molecule has 5 nitrogen and oxygen atoms in total. The Bertz CT molecular complexity index is 344. The first-order valence-corrected chi connectivity index (χ1v) is 4.83. The summed E-state index contributed by atoms with van der Waals surface area (Å²) < 4.78 is 5.18. The highest BCUT2D eigenvalue weighted by Gasteiger charge is 2.46. The molecule has 1 unspecified atom stereocenters. The maximum atomic E-state index is 10.6. The predicted molar refractivity (Wildman–Crippen MR) is 53.5 cm³/mol. The zero-order chi connectivity index (χ0) is 10.9. The second kappa shape index (κ2) is 3.67. The summed E-state index contributed by atoms with van der Waals surface area (Å²) in [6.45, 7) is 0.999. The standard InChI is InChI=1S/C10H14N2O3/c11-8(3-9(13)14)10(5-15-6-10)7-1-2-12-4-7/h1-2,4,8,12H,3,5-6,11H2,(H,13,14). The number of carboxylic acids is 1. The maximum Gasteiger partial charge on any atom is 0.304 e. The molecule has 0 aliphatic carbocycles. The third-order valence-corrected chi connectivity index (χ3v) is 3.00. The van der Waals surface area contributed by atoms with Gasteiger partial charge in [0.15, 0.2) is 0 Å². The van der Waals surface area contributed by atoms with Gasteiger partial charge in [-0.15, -0.1) is 0 Å². The molecule has 1 aromatic heterocycles. The zero-order valence-electron chi connectivity index (χ0n) is 8.27. The van der Waals surface area contributed by atoms with Crippen LogP contribution < -0.4 is 5.73 Å². The average molecular weight is 210 g/mol. The second-order valence-corrected chi connectivity index (χ2v) is 3.95. The Hall–Kier alpha value is -1.33. The summed E-state index contributed by atoms with van der Waals surface area (Å²) in [4.78, 5) is 13.6. The van der Waals surface area contributed by atoms with Gasteiger partial charge < -0.3 is 20.6 Å².